The van der Waals surface area contributed by atoms with Crippen LogP contribution in [0.3, 0.4) is 0 Å². The molecule has 0 unspecified atom stereocenters. The number of carbonyl (C=O) groups excluding carboxylic acids is 3. The fourth-order valence-electron chi connectivity index (χ4n) is 2.76. The predicted molar refractivity (Wildman–Crippen MR) is 59.1 cm³/mol. The summed E-state index contributed by atoms with van der Waals surface area (Å²) in [5.74, 6) is -1.45. The highest BCUT2D eigenvalue weighted by atomic mass is 16.5. The minimum Gasteiger partial charge on any atom is -0.467 e. The molecule has 17 heavy (non-hydrogen) atoms. The molecule has 0 aromatic heterocycles. The molecule has 1 aliphatic heterocycles. The van der Waals surface area contributed by atoms with Gasteiger partial charge in [-0.1, -0.05) is 19.3 Å². The number of ketones is 1. The average Bonchev–Trinajstić information content (AvgIpc) is 2.66. The number of hydrogen-bond donors (Lipinski definition) is 0. The van der Waals surface area contributed by atoms with Crippen LogP contribution in [0.25, 0.3) is 0 Å². The molecular formula is C12H17NO4. The van der Waals surface area contributed by atoms with Crippen molar-refractivity contribution in [3.63, 3.8) is 0 Å². The van der Waals surface area contributed by atoms with Crippen molar-refractivity contribution in [3.05, 3.63) is 0 Å². The number of Topliss-reactive ketones (excluding diaryl/α,β-unsaturated/α-hetero) is 1. The van der Waals surface area contributed by atoms with E-state index in [1.807, 2.05) is 0 Å². The van der Waals surface area contributed by atoms with Crippen LogP contribution >= 0.6 is 0 Å². The molecule has 1 saturated heterocycles. The Bertz CT molecular complexity index is 346. The zero-order valence-corrected chi connectivity index (χ0v) is 9.98. The molecular weight excluding hydrogens is 222 g/mol. The van der Waals surface area contributed by atoms with Gasteiger partial charge in [0.05, 0.1) is 7.11 Å². The summed E-state index contributed by atoms with van der Waals surface area (Å²) in [5.41, 5.74) is 0. The van der Waals surface area contributed by atoms with E-state index in [2.05, 4.69) is 4.74 Å². The fraction of sp³-hybridized carbons (Fsp3) is 0.750. The van der Waals surface area contributed by atoms with Gasteiger partial charge in [-0.05, 0) is 12.8 Å². The Kier molecular flexibility index (Phi) is 3.45. The predicted octanol–water partition coefficient (Wildman–Crippen LogP) is 0.662. The number of esters is 1. The van der Waals surface area contributed by atoms with E-state index >= 15 is 0 Å². The van der Waals surface area contributed by atoms with E-state index in [1.54, 1.807) is 0 Å². The van der Waals surface area contributed by atoms with E-state index in [-0.39, 0.29) is 12.5 Å². The fourth-order valence-corrected chi connectivity index (χ4v) is 2.76. The van der Waals surface area contributed by atoms with Crippen molar-refractivity contribution >= 4 is 17.7 Å². The van der Waals surface area contributed by atoms with Gasteiger partial charge in [-0.3, -0.25) is 9.59 Å². The molecule has 2 fully saturated rings. The number of hydrogen-bond acceptors (Lipinski definition) is 4. The van der Waals surface area contributed by atoms with Gasteiger partial charge < -0.3 is 9.64 Å². The minimum atomic E-state index is -0.692. The average molecular weight is 239 g/mol. The first-order valence-electron chi connectivity index (χ1n) is 6.08. The Hall–Kier alpha value is -1.39. The minimum absolute atomic E-state index is 0.0258. The molecule has 2 aliphatic rings. The molecule has 0 aromatic carbocycles. The van der Waals surface area contributed by atoms with Crippen molar-refractivity contribution in [1.82, 2.24) is 4.90 Å². The highest BCUT2D eigenvalue weighted by Crippen LogP contribution is 2.29. The Labute approximate surface area is 100 Å². The van der Waals surface area contributed by atoms with Crippen LogP contribution in [0.1, 0.15) is 38.5 Å². The van der Waals surface area contributed by atoms with Gasteiger partial charge in [-0.2, -0.15) is 0 Å². The van der Waals surface area contributed by atoms with Crippen molar-refractivity contribution in [2.75, 3.05) is 7.11 Å². The molecule has 1 aliphatic carbocycles. The van der Waals surface area contributed by atoms with E-state index in [4.69, 9.17) is 0 Å². The maximum absolute atomic E-state index is 11.8. The van der Waals surface area contributed by atoms with E-state index in [1.165, 1.54) is 12.0 Å². The lowest BCUT2D eigenvalue weighted by Gasteiger charge is -2.33. The second-order valence-electron chi connectivity index (χ2n) is 4.67. The summed E-state index contributed by atoms with van der Waals surface area (Å²) in [5, 5.41) is 0. The number of ether oxygens (including phenoxy) is 1. The smallest absolute Gasteiger partial charge is 0.329 e. The molecule has 1 saturated carbocycles. The summed E-state index contributed by atoms with van der Waals surface area (Å²) in [7, 11) is 1.29. The zero-order valence-electron chi connectivity index (χ0n) is 9.98. The van der Waals surface area contributed by atoms with Gasteiger partial charge in [0, 0.05) is 12.5 Å². The van der Waals surface area contributed by atoms with Gasteiger partial charge in [-0.15, -0.1) is 0 Å². The van der Waals surface area contributed by atoms with Gasteiger partial charge in [0.25, 0.3) is 5.91 Å². The van der Waals surface area contributed by atoms with Crippen LogP contribution in [0.5, 0.6) is 0 Å². The number of rotatable bonds is 2. The van der Waals surface area contributed by atoms with Gasteiger partial charge in [0.15, 0.2) is 0 Å². The molecule has 0 radical (unpaired) electrons. The van der Waals surface area contributed by atoms with Crippen molar-refractivity contribution in [3.8, 4) is 0 Å². The third-order valence-electron chi connectivity index (χ3n) is 3.63. The lowest BCUT2D eigenvalue weighted by atomic mass is 9.93. The van der Waals surface area contributed by atoms with Crippen molar-refractivity contribution in [2.24, 2.45) is 0 Å². The van der Waals surface area contributed by atoms with Crippen LogP contribution < -0.4 is 0 Å². The summed E-state index contributed by atoms with van der Waals surface area (Å²) in [4.78, 5) is 36.3. The first-order valence-corrected chi connectivity index (χ1v) is 6.08. The molecule has 0 aromatic rings. The van der Waals surface area contributed by atoms with Crippen molar-refractivity contribution in [2.45, 2.75) is 50.6 Å². The summed E-state index contributed by atoms with van der Waals surface area (Å²) < 4.78 is 4.67. The van der Waals surface area contributed by atoms with Crippen LogP contribution in [0.2, 0.25) is 0 Å². The summed E-state index contributed by atoms with van der Waals surface area (Å²) in [6, 6.07) is -0.658. The van der Waals surface area contributed by atoms with E-state index in [0.717, 1.165) is 32.1 Å². The van der Waals surface area contributed by atoms with Crippen molar-refractivity contribution < 1.29 is 19.1 Å². The normalized spacial score (nSPS) is 26.4. The molecule has 2 rings (SSSR count). The maximum Gasteiger partial charge on any atom is 0.329 e. The maximum atomic E-state index is 11.8. The molecule has 1 amide bonds. The largest absolute Gasteiger partial charge is 0.467 e. The van der Waals surface area contributed by atoms with Gasteiger partial charge in [0.1, 0.15) is 6.04 Å². The third-order valence-corrected chi connectivity index (χ3v) is 3.63. The summed E-state index contributed by atoms with van der Waals surface area (Å²) >= 11 is 0. The Morgan fingerprint density at radius 2 is 1.88 bits per heavy atom. The first-order chi connectivity index (χ1) is 8.15. The SMILES string of the molecule is COC(=O)[C@H]1CC(=O)C(=O)N1C1CCCCC1. The molecule has 5 heteroatoms. The van der Waals surface area contributed by atoms with Crippen molar-refractivity contribution in [1.29, 1.82) is 0 Å². The highest BCUT2D eigenvalue weighted by molar-refractivity contribution is 6.39. The van der Waals surface area contributed by atoms with Crippen LogP contribution in [-0.4, -0.2) is 41.8 Å². The topological polar surface area (TPSA) is 63.7 Å². The number of methoxy groups -OCH3 is 1. The molecule has 94 valence electrons. The van der Waals surface area contributed by atoms with E-state index in [9.17, 15) is 14.4 Å². The van der Waals surface area contributed by atoms with Crippen LogP contribution in [0, 0.1) is 0 Å². The second kappa shape index (κ2) is 4.85. The molecule has 1 heterocycles. The monoisotopic (exact) mass is 239 g/mol. The zero-order chi connectivity index (χ0) is 12.4. The molecule has 1 atom stereocenters. The Morgan fingerprint density at radius 1 is 1.24 bits per heavy atom. The Morgan fingerprint density at radius 3 is 2.47 bits per heavy atom. The quantitative estimate of drug-likeness (QED) is 0.524. The van der Waals surface area contributed by atoms with Gasteiger partial charge >= 0.3 is 5.97 Å². The van der Waals surface area contributed by atoms with Gasteiger partial charge in [0.2, 0.25) is 5.78 Å². The Balaban J connectivity index is 2.17. The number of nitrogens with zero attached hydrogens (tertiary/aromatic N) is 1. The number of carbonyl (C=O) groups is 3. The highest BCUT2D eigenvalue weighted by Gasteiger charge is 2.46. The van der Waals surface area contributed by atoms with Crippen LogP contribution in [0.15, 0.2) is 0 Å². The first kappa shape index (κ1) is 12.1. The van der Waals surface area contributed by atoms with Crippen LogP contribution in [0.4, 0.5) is 0 Å². The lowest BCUT2D eigenvalue weighted by molar-refractivity contribution is -0.151. The third kappa shape index (κ3) is 2.18. The molecule has 0 N–H and O–H groups in total. The van der Waals surface area contributed by atoms with Gasteiger partial charge in [-0.25, -0.2) is 4.79 Å². The summed E-state index contributed by atoms with van der Waals surface area (Å²) in [6.45, 7) is 0. The number of amides is 1. The standard InChI is InChI=1S/C12H17NO4/c1-17-12(16)9-7-10(14)11(15)13(9)8-5-3-2-4-6-8/h8-9H,2-7H2,1H3/t9-/m1/s1. The summed E-state index contributed by atoms with van der Waals surface area (Å²) in [6.07, 6.45) is 5.00. The lowest BCUT2D eigenvalue weighted by Crippen LogP contribution is -2.47. The molecule has 5 nitrogen and oxygen atoms in total. The van der Waals surface area contributed by atoms with Crippen LogP contribution in [-0.2, 0) is 19.1 Å². The second-order valence-corrected chi connectivity index (χ2v) is 4.67. The van der Waals surface area contributed by atoms with E-state index < -0.39 is 23.7 Å². The number of likely N-dealkylation sites (tertiary alicyclic amines) is 1. The molecule has 0 bridgehead atoms. The van der Waals surface area contributed by atoms with E-state index in [0.29, 0.717) is 0 Å². The molecule has 0 spiro atoms.